The zero-order valence-electron chi connectivity index (χ0n) is 12.9. The van der Waals surface area contributed by atoms with Gasteiger partial charge in [0.25, 0.3) is 0 Å². The number of hydrogen-bond donors (Lipinski definition) is 1. The lowest BCUT2D eigenvalue weighted by Gasteiger charge is -2.16. The van der Waals surface area contributed by atoms with Gasteiger partial charge in [-0.2, -0.15) is 0 Å². The van der Waals surface area contributed by atoms with Crippen molar-refractivity contribution in [3.05, 3.63) is 29.0 Å². The molecular formula is C17H16ClN3O3. The minimum atomic E-state index is -0.259. The number of rotatable bonds is 3. The number of halogens is 1. The molecule has 0 unspecified atom stereocenters. The van der Waals surface area contributed by atoms with Gasteiger partial charge >= 0.3 is 0 Å². The molecule has 124 valence electrons. The summed E-state index contributed by atoms with van der Waals surface area (Å²) >= 11 is 5.98. The van der Waals surface area contributed by atoms with Gasteiger partial charge in [-0.1, -0.05) is 11.6 Å². The summed E-state index contributed by atoms with van der Waals surface area (Å²) < 4.78 is 5.74. The lowest BCUT2D eigenvalue weighted by atomic mass is 9.81. The van der Waals surface area contributed by atoms with E-state index in [1.54, 1.807) is 6.07 Å². The third-order valence-electron chi connectivity index (χ3n) is 5.44. The van der Waals surface area contributed by atoms with Crippen molar-refractivity contribution in [1.82, 2.24) is 14.9 Å². The Morgan fingerprint density at radius 2 is 1.92 bits per heavy atom. The van der Waals surface area contributed by atoms with E-state index in [0.717, 1.165) is 29.7 Å². The molecular weight excluding hydrogens is 330 g/mol. The predicted molar refractivity (Wildman–Crippen MR) is 86.4 cm³/mol. The van der Waals surface area contributed by atoms with Gasteiger partial charge in [0.05, 0.1) is 35.1 Å². The van der Waals surface area contributed by atoms with E-state index in [1.807, 2.05) is 12.1 Å². The largest absolute Gasteiger partial charge is 0.373 e. The number of ether oxygens (including phenoxy) is 1. The van der Waals surface area contributed by atoms with Crippen molar-refractivity contribution in [2.75, 3.05) is 6.54 Å². The lowest BCUT2D eigenvalue weighted by molar-refractivity contribution is -0.142. The maximum atomic E-state index is 12.6. The van der Waals surface area contributed by atoms with Crippen LogP contribution in [0.5, 0.6) is 0 Å². The Bertz CT molecular complexity index is 836. The molecule has 3 saturated heterocycles. The predicted octanol–water partition coefficient (Wildman–Crippen LogP) is 1.92. The number of fused-ring (bicyclic) bond motifs is 6. The zero-order chi connectivity index (χ0) is 16.4. The van der Waals surface area contributed by atoms with Gasteiger partial charge < -0.3 is 9.72 Å². The van der Waals surface area contributed by atoms with E-state index in [-0.39, 0.29) is 35.9 Å². The fraction of sp³-hybridized carbons (Fsp3) is 0.471. The highest BCUT2D eigenvalue weighted by atomic mass is 35.5. The van der Waals surface area contributed by atoms with E-state index in [4.69, 9.17) is 16.3 Å². The minimum Gasteiger partial charge on any atom is -0.373 e. The summed E-state index contributed by atoms with van der Waals surface area (Å²) in [7, 11) is 0. The molecule has 0 radical (unpaired) electrons. The molecule has 0 saturated carbocycles. The molecule has 5 rings (SSSR count). The van der Waals surface area contributed by atoms with Crippen molar-refractivity contribution in [3.63, 3.8) is 0 Å². The van der Waals surface area contributed by atoms with Crippen molar-refractivity contribution >= 4 is 34.4 Å². The van der Waals surface area contributed by atoms with Gasteiger partial charge in [0.15, 0.2) is 0 Å². The maximum absolute atomic E-state index is 12.6. The summed E-state index contributed by atoms with van der Waals surface area (Å²) in [6.07, 6.45) is 2.18. The van der Waals surface area contributed by atoms with Crippen molar-refractivity contribution in [1.29, 1.82) is 0 Å². The number of nitrogens with one attached hydrogen (secondary N) is 1. The number of aromatic amines is 1. The zero-order valence-corrected chi connectivity index (χ0v) is 13.6. The number of hydrogen-bond acceptors (Lipinski definition) is 4. The van der Waals surface area contributed by atoms with Gasteiger partial charge in [-0.25, -0.2) is 4.98 Å². The summed E-state index contributed by atoms with van der Waals surface area (Å²) in [4.78, 5) is 34.3. The number of likely N-dealkylation sites (tertiary alicyclic amines) is 1. The molecule has 1 aromatic heterocycles. The average molecular weight is 346 g/mol. The molecule has 4 heterocycles. The number of amides is 2. The second kappa shape index (κ2) is 5.04. The number of imide groups is 1. The fourth-order valence-corrected chi connectivity index (χ4v) is 4.54. The molecule has 4 atom stereocenters. The van der Waals surface area contributed by atoms with Crippen molar-refractivity contribution < 1.29 is 14.3 Å². The second-order valence-electron chi connectivity index (χ2n) is 6.76. The fourth-order valence-electron chi connectivity index (χ4n) is 4.36. The minimum absolute atomic E-state index is 0.0604. The standard InChI is InChI=1S/C17H16ClN3O3/c18-8-1-2-9-10(7-8)20-13(19-9)5-6-21-16(22)14-11-3-4-12(24-11)15(14)17(21)23/h1-2,7,11-12,14-15H,3-6H2,(H,19,20)/t11-,12-,14-,15-/m1/s1. The molecule has 2 amide bonds. The van der Waals surface area contributed by atoms with E-state index in [1.165, 1.54) is 4.90 Å². The first-order valence-corrected chi connectivity index (χ1v) is 8.64. The summed E-state index contributed by atoms with van der Waals surface area (Å²) in [6, 6.07) is 5.46. The van der Waals surface area contributed by atoms with E-state index < -0.39 is 0 Å². The van der Waals surface area contributed by atoms with Crippen LogP contribution in [-0.2, 0) is 20.7 Å². The van der Waals surface area contributed by atoms with Crippen LogP contribution >= 0.6 is 11.6 Å². The molecule has 1 aromatic carbocycles. The van der Waals surface area contributed by atoms with Gasteiger partial charge in [0, 0.05) is 18.0 Å². The molecule has 0 aliphatic carbocycles. The quantitative estimate of drug-likeness (QED) is 0.862. The molecule has 24 heavy (non-hydrogen) atoms. The SMILES string of the molecule is O=C1[C@H]2[C@H](C(=O)N1CCc1nc3ccc(Cl)cc3[nH]1)[C@H]1CC[C@H]2O1. The van der Waals surface area contributed by atoms with Crippen LogP contribution in [0.25, 0.3) is 11.0 Å². The highest BCUT2D eigenvalue weighted by Gasteiger charge is 2.62. The van der Waals surface area contributed by atoms with Crippen molar-refractivity contribution in [2.45, 2.75) is 31.5 Å². The first kappa shape index (κ1) is 14.4. The third-order valence-corrected chi connectivity index (χ3v) is 5.68. The van der Waals surface area contributed by atoms with Crippen molar-refractivity contribution in [3.8, 4) is 0 Å². The van der Waals surface area contributed by atoms with Crippen LogP contribution in [0.1, 0.15) is 18.7 Å². The number of imidazole rings is 1. The molecule has 3 fully saturated rings. The van der Waals surface area contributed by atoms with E-state index in [0.29, 0.717) is 18.0 Å². The smallest absolute Gasteiger partial charge is 0.235 e. The first-order chi connectivity index (χ1) is 11.6. The van der Waals surface area contributed by atoms with Gasteiger partial charge in [0.1, 0.15) is 5.82 Å². The summed E-state index contributed by atoms with van der Waals surface area (Å²) in [6.45, 7) is 0.359. The van der Waals surface area contributed by atoms with Gasteiger partial charge in [0.2, 0.25) is 11.8 Å². The number of aromatic nitrogens is 2. The van der Waals surface area contributed by atoms with Crippen LogP contribution in [0.3, 0.4) is 0 Å². The Morgan fingerprint density at radius 1 is 1.21 bits per heavy atom. The monoisotopic (exact) mass is 345 g/mol. The highest BCUT2D eigenvalue weighted by Crippen LogP contribution is 2.48. The molecule has 3 aliphatic rings. The molecule has 2 bridgehead atoms. The van der Waals surface area contributed by atoms with E-state index in [9.17, 15) is 9.59 Å². The topological polar surface area (TPSA) is 75.3 Å². The lowest BCUT2D eigenvalue weighted by Crippen LogP contribution is -2.36. The first-order valence-electron chi connectivity index (χ1n) is 8.26. The summed E-state index contributed by atoms with van der Waals surface area (Å²) in [5.41, 5.74) is 1.69. The van der Waals surface area contributed by atoms with E-state index in [2.05, 4.69) is 9.97 Å². The Hall–Kier alpha value is -1.92. The molecule has 0 spiro atoms. The number of carbonyl (C=O) groups is 2. The Kier molecular flexibility index (Phi) is 3.03. The van der Waals surface area contributed by atoms with Crippen LogP contribution in [0.4, 0.5) is 0 Å². The Labute approximate surface area is 143 Å². The Balaban J connectivity index is 1.34. The number of benzene rings is 1. The van der Waals surface area contributed by atoms with Gasteiger partial charge in [-0.3, -0.25) is 14.5 Å². The average Bonchev–Trinajstić information content (AvgIpc) is 3.29. The number of H-pyrrole nitrogens is 1. The molecule has 1 N–H and O–H groups in total. The van der Waals surface area contributed by atoms with Crippen molar-refractivity contribution in [2.24, 2.45) is 11.8 Å². The van der Waals surface area contributed by atoms with Crippen LogP contribution in [0, 0.1) is 11.8 Å². The van der Waals surface area contributed by atoms with Crippen LogP contribution in [0.2, 0.25) is 5.02 Å². The molecule has 2 aromatic rings. The maximum Gasteiger partial charge on any atom is 0.235 e. The molecule has 7 heteroatoms. The van der Waals surface area contributed by atoms with Crippen LogP contribution < -0.4 is 0 Å². The van der Waals surface area contributed by atoms with E-state index >= 15 is 0 Å². The summed E-state index contributed by atoms with van der Waals surface area (Å²) in [5.74, 6) is 0.0910. The summed E-state index contributed by atoms with van der Waals surface area (Å²) in [5, 5.41) is 0.644. The Morgan fingerprint density at radius 3 is 2.62 bits per heavy atom. The number of carbonyl (C=O) groups excluding carboxylic acids is 2. The normalized spacial score (nSPS) is 31.5. The van der Waals surface area contributed by atoms with Crippen LogP contribution in [0.15, 0.2) is 18.2 Å². The van der Waals surface area contributed by atoms with Gasteiger partial charge in [-0.15, -0.1) is 0 Å². The second-order valence-corrected chi connectivity index (χ2v) is 7.20. The van der Waals surface area contributed by atoms with Crippen LogP contribution in [-0.4, -0.2) is 45.4 Å². The third kappa shape index (κ3) is 1.96. The molecule has 6 nitrogen and oxygen atoms in total. The van der Waals surface area contributed by atoms with Gasteiger partial charge in [-0.05, 0) is 31.0 Å². The molecule has 3 aliphatic heterocycles. The highest BCUT2D eigenvalue weighted by molar-refractivity contribution is 6.31. The number of nitrogens with zero attached hydrogens (tertiary/aromatic N) is 2.